The lowest BCUT2D eigenvalue weighted by molar-refractivity contribution is 1.33. The van der Waals surface area contributed by atoms with E-state index in [2.05, 4.69) is 103 Å². The van der Waals surface area contributed by atoms with Crippen LogP contribution < -0.4 is 15.6 Å². The quantitative estimate of drug-likeness (QED) is 0.402. The number of benzene rings is 3. The van der Waals surface area contributed by atoms with E-state index >= 15 is 0 Å². The van der Waals surface area contributed by atoms with Gasteiger partial charge in [-0.15, -0.1) is 0 Å². The first kappa shape index (κ1) is 16.5. The van der Waals surface area contributed by atoms with Gasteiger partial charge in [0.1, 0.15) is 8.07 Å². The molecule has 0 spiro atoms. The molecular weight excluding hydrogens is 330 g/mol. The Hall–Kier alpha value is -2.97. The minimum absolute atomic E-state index is 1.02. The van der Waals surface area contributed by atoms with E-state index in [-0.39, 0.29) is 0 Å². The molecule has 4 rings (SSSR count). The van der Waals surface area contributed by atoms with Crippen molar-refractivity contribution in [2.75, 3.05) is 0 Å². The average molecular weight is 352 g/mol. The van der Waals surface area contributed by atoms with Gasteiger partial charge in [0.2, 0.25) is 0 Å². The van der Waals surface area contributed by atoms with Crippen LogP contribution in [0.15, 0.2) is 109 Å². The number of pyridine rings is 1. The molecule has 0 aliphatic rings. The maximum Gasteiger partial charge on any atom is 0.145 e. The summed E-state index contributed by atoms with van der Waals surface area (Å²) in [5, 5.41) is 4.27. The van der Waals surface area contributed by atoms with E-state index in [1.165, 1.54) is 15.6 Å². The second-order valence-electron chi connectivity index (χ2n) is 6.65. The summed E-state index contributed by atoms with van der Waals surface area (Å²) in [6.45, 7) is 2.44. The molecule has 0 unspecified atom stereocenters. The fourth-order valence-electron chi connectivity index (χ4n) is 3.55. The van der Waals surface area contributed by atoms with Crippen molar-refractivity contribution >= 4 is 23.6 Å². The van der Waals surface area contributed by atoms with Crippen LogP contribution in [0.25, 0.3) is 11.3 Å². The maximum atomic E-state index is 4.47. The van der Waals surface area contributed by atoms with Crippen LogP contribution in [0.2, 0.25) is 6.55 Å². The van der Waals surface area contributed by atoms with E-state index in [9.17, 15) is 0 Å². The third-order valence-electron chi connectivity index (χ3n) is 5.13. The highest BCUT2D eigenvalue weighted by Gasteiger charge is 2.33. The number of nitrogens with zero attached hydrogens (tertiary/aromatic N) is 1. The van der Waals surface area contributed by atoms with Crippen LogP contribution in [-0.2, 0) is 0 Å². The molecule has 2 heteroatoms. The number of hydrogen-bond donors (Lipinski definition) is 0. The van der Waals surface area contributed by atoms with Crippen LogP contribution in [0.4, 0.5) is 0 Å². The average Bonchev–Trinajstić information content (AvgIpc) is 2.75. The number of rotatable bonds is 4. The van der Waals surface area contributed by atoms with Gasteiger partial charge in [0.05, 0.1) is 5.69 Å². The lowest BCUT2D eigenvalue weighted by Gasteiger charge is -2.29. The molecule has 0 radical (unpaired) electrons. The maximum absolute atomic E-state index is 4.47. The largest absolute Gasteiger partial charge is 0.256 e. The van der Waals surface area contributed by atoms with E-state index in [0.29, 0.717) is 0 Å². The van der Waals surface area contributed by atoms with Gasteiger partial charge in [-0.25, -0.2) is 0 Å². The van der Waals surface area contributed by atoms with E-state index in [1.807, 2.05) is 18.3 Å². The van der Waals surface area contributed by atoms with Crippen LogP contribution in [-0.4, -0.2) is 13.1 Å². The molecular formula is C24H21NSi. The zero-order valence-electron chi connectivity index (χ0n) is 14.8. The first-order valence-electron chi connectivity index (χ1n) is 8.91. The summed E-state index contributed by atoms with van der Waals surface area (Å²) >= 11 is 0. The Kier molecular flexibility index (Phi) is 4.51. The molecule has 4 aromatic rings. The molecule has 0 amide bonds. The first-order chi connectivity index (χ1) is 12.8. The minimum Gasteiger partial charge on any atom is -0.256 e. The standard InChI is InChI=1S/C24H21NSi/c1-26(21-10-4-2-5-11-21,22-12-6-3-7-13-22)23-17-15-20(16-18-23)24-14-8-9-19-25-24/h2-19H,1H3. The smallest absolute Gasteiger partial charge is 0.145 e. The van der Waals surface area contributed by atoms with Gasteiger partial charge in [0, 0.05) is 11.8 Å². The summed E-state index contributed by atoms with van der Waals surface area (Å²) in [7, 11) is -2.02. The topological polar surface area (TPSA) is 12.9 Å². The summed E-state index contributed by atoms with van der Waals surface area (Å²) in [5.74, 6) is 0. The Morgan fingerprint density at radius 2 is 1.04 bits per heavy atom. The molecule has 126 valence electrons. The predicted octanol–water partition coefficient (Wildman–Crippen LogP) is 3.85. The molecule has 0 fully saturated rings. The zero-order chi connectivity index (χ0) is 17.8. The molecule has 0 aliphatic carbocycles. The number of hydrogen-bond acceptors (Lipinski definition) is 1. The van der Waals surface area contributed by atoms with Gasteiger partial charge in [-0.3, -0.25) is 4.98 Å². The van der Waals surface area contributed by atoms with Crippen molar-refractivity contribution in [3.63, 3.8) is 0 Å². The van der Waals surface area contributed by atoms with Crippen LogP contribution in [0.5, 0.6) is 0 Å². The summed E-state index contributed by atoms with van der Waals surface area (Å²) < 4.78 is 0. The van der Waals surface area contributed by atoms with Crippen molar-refractivity contribution in [3.8, 4) is 11.3 Å². The van der Waals surface area contributed by atoms with Crippen molar-refractivity contribution in [1.29, 1.82) is 0 Å². The molecule has 1 heterocycles. The summed E-state index contributed by atoms with van der Waals surface area (Å²) in [6.07, 6.45) is 1.84. The highest BCUT2D eigenvalue weighted by Crippen LogP contribution is 2.16. The van der Waals surface area contributed by atoms with Gasteiger partial charge in [0.15, 0.2) is 0 Å². The van der Waals surface area contributed by atoms with Gasteiger partial charge < -0.3 is 0 Å². The Labute approximate surface area is 156 Å². The van der Waals surface area contributed by atoms with Gasteiger partial charge in [-0.1, -0.05) is 97.5 Å². The Balaban J connectivity index is 1.83. The van der Waals surface area contributed by atoms with Crippen LogP contribution >= 0.6 is 0 Å². The second-order valence-corrected chi connectivity index (χ2v) is 10.6. The number of aromatic nitrogens is 1. The SMILES string of the molecule is C[Si](c1ccccc1)(c1ccccc1)c1ccc(-c2ccccn2)cc1. The van der Waals surface area contributed by atoms with Gasteiger partial charge in [0.25, 0.3) is 0 Å². The Bertz CT molecular complexity index is 925. The van der Waals surface area contributed by atoms with Gasteiger partial charge >= 0.3 is 0 Å². The Morgan fingerprint density at radius 1 is 0.538 bits per heavy atom. The minimum atomic E-state index is -2.02. The molecule has 1 nitrogen and oxygen atoms in total. The van der Waals surface area contributed by atoms with E-state index in [1.54, 1.807) is 0 Å². The van der Waals surface area contributed by atoms with E-state index < -0.39 is 8.07 Å². The van der Waals surface area contributed by atoms with Crippen molar-refractivity contribution in [2.45, 2.75) is 6.55 Å². The summed E-state index contributed by atoms with van der Waals surface area (Å²) in [5.41, 5.74) is 2.17. The zero-order valence-corrected chi connectivity index (χ0v) is 15.8. The molecule has 0 saturated carbocycles. The van der Waals surface area contributed by atoms with Gasteiger partial charge in [-0.05, 0) is 27.7 Å². The van der Waals surface area contributed by atoms with Crippen molar-refractivity contribution in [2.24, 2.45) is 0 Å². The molecule has 0 atom stereocenters. The highest BCUT2D eigenvalue weighted by atomic mass is 28.3. The lowest BCUT2D eigenvalue weighted by Crippen LogP contribution is -2.64. The summed E-state index contributed by atoms with van der Waals surface area (Å²) in [4.78, 5) is 4.47. The fourth-order valence-corrected chi connectivity index (χ4v) is 7.10. The van der Waals surface area contributed by atoms with Crippen molar-refractivity contribution in [1.82, 2.24) is 4.98 Å². The highest BCUT2D eigenvalue weighted by molar-refractivity contribution is 7.10. The third kappa shape index (κ3) is 3.00. The molecule has 26 heavy (non-hydrogen) atoms. The molecule has 0 bridgehead atoms. The summed E-state index contributed by atoms with van der Waals surface area (Å²) in [6, 6.07) is 36.9. The lowest BCUT2D eigenvalue weighted by atomic mass is 10.1. The molecule has 3 aromatic carbocycles. The van der Waals surface area contributed by atoms with Crippen molar-refractivity contribution < 1.29 is 0 Å². The predicted molar refractivity (Wildman–Crippen MR) is 113 cm³/mol. The first-order valence-corrected chi connectivity index (χ1v) is 11.4. The molecule has 0 N–H and O–H groups in total. The van der Waals surface area contributed by atoms with Crippen LogP contribution in [0, 0.1) is 0 Å². The monoisotopic (exact) mass is 351 g/mol. The van der Waals surface area contributed by atoms with E-state index in [4.69, 9.17) is 0 Å². The molecule has 0 saturated heterocycles. The van der Waals surface area contributed by atoms with Gasteiger partial charge in [-0.2, -0.15) is 0 Å². The van der Waals surface area contributed by atoms with Crippen molar-refractivity contribution in [3.05, 3.63) is 109 Å². The molecule has 0 aliphatic heterocycles. The van der Waals surface area contributed by atoms with Crippen LogP contribution in [0.1, 0.15) is 0 Å². The second kappa shape index (κ2) is 7.10. The Morgan fingerprint density at radius 3 is 1.54 bits per heavy atom. The normalized spacial score (nSPS) is 11.3. The van der Waals surface area contributed by atoms with Crippen LogP contribution in [0.3, 0.4) is 0 Å². The van der Waals surface area contributed by atoms with E-state index in [0.717, 1.165) is 11.3 Å². The third-order valence-corrected chi connectivity index (χ3v) is 9.59. The fraction of sp³-hybridized carbons (Fsp3) is 0.0417. The molecule has 1 aromatic heterocycles.